The van der Waals surface area contributed by atoms with Gasteiger partial charge in [0.25, 0.3) is 0 Å². The normalized spacial score (nSPS) is 19.2. The second-order valence-corrected chi connectivity index (χ2v) is 5.24. The van der Waals surface area contributed by atoms with E-state index < -0.39 is 0 Å². The van der Waals surface area contributed by atoms with Gasteiger partial charge in [-0.2, -0.15) is 0 Å². The molecule has 3 rings (SSSR count). The van der Waals surface area contributed by atoms with Gasteiger partial charge in [-0.05, 0) is 30.7 Å². The third kappa shape index (κ3) is 2.36. The largest absolute Gasteiger partial charge is 0.237 e. The van der Waals surface area contributed by atoms with E-state index in [1.54, 1.807) is 24.4 Å². The van der Waals surface area contributed by atoms with Crippen LogP contribution in [0.3, 0.4) is 0 Å². The van der Waals surface area contributed by atoms with Crippen molar-refractivity contribution in [3.63, 3.8) is 0 Å². The molecule has 0 aromatic carbocycles. The first-order chi connectivity index (χ1) is 9.15. The minimum Gasteiger partial charge on any atom is -0.237 e. The number of aromatic nitrogens is 2. The minimum absolute atomic E-state index is 0.227. The number of pyridine rings is 2. The maximum Gasteiger partial charge on any atom is 0.161 e. The van der Waals surface area contributed by atoms with Gasteiger partial charge in [0.05, 0.1) is 16.1 Å². The summed E-state index contributed by atoms with van der Waals surface area (Å²) < 4.78 is 13.9. The number of fused-ring (bicyclic) bond motifs is 1. The van der Waals surface area contributed by atoms with Gasteiger partial charge in [-0.25, -0.2) is 14.4 Å². The molecule has 2 aromatic rings. The summed E-state index contributed by atoms with van der Waals surface area (Å²) in [6.07, 6.45) is 5.02. The van der Waals surface area contributed by atoms with Crippen molar-refractivity contribution in [2.24, 2.45) is 0 Å². The summed E-state index contributed by atoms with van der Waals surface area (Å²) >= 11 is 12.2. The zero-order valence-corrected chi connectivity index (χ0v) is 11.3. The standard InChI is InChI=1S/C14H9Cl2FN2/c15-8-3-4-12(17)10(6-8)13-7-11(16)9-2-1-5-18-14(9)19-13/h1-5,7-8H,6H2. The quantitative estimate of drug-likeness (QED) is 0.722. The number of halogens is 3. The average molecular weight is 295 g/mol. The molecule has 0 saturated carbocycles. The zero-order chi connectivity index (χ0) is 13.4. The van der Waals surface area contributed by atoms with Crippen molar-refractivity contribution < 1.29 is 4.39 Å². The van der Waals surface area contributed by atoms with Crippen molar-refractivity contribution in [2.75, 3.05) is 0 Å². The molecule has 0 saturated heterocycles. The van der Waals surface area contributed by atoms with Gasteiger partial charge in [0.2, 0.25) is 0 Å². The smallest absolute Gasteiger partial charge is 0.161 e. The van der Waals surface area contributed by atoms with Crippen molar-refractivity contribution in [3.05, 3.63) is 53.1 Å². The van der Waals surface area contributed by atoms with Crippen LogP contribution in [0.2, 0.25) is 5.02 Å². The molecule has 0 amide bonds. The third-order valence-electron chi connectivity index (χ3n) is 2.98. The van der Waals surface area contributed by atoms with Crippen LogP contribution in [0.15, 0.2) is 42.4 Å². The van der Waals surface area contributed by atoms with Crippen LogP contribution in [0.25, 0.3) is 16.6 Å². The molecule has 0 bridgehead atoms. The number of nitrogens with zero attached hydrogens (tertiary/aromatic N) is 2. The molecule has 1 atom stereocenters. The van der Waals surface area contributed by atoms with Crippen LogP contribution in [0.1, 0.15) is 12.1 Å². The molecule has 5 heteroatoms. The summed E-state index contributed by atoms with van der Waals surface area (Å²) in [6.45, 7) is 0. The first-order valence-electron chi connectivity index (χ1n) is 5.78. The molecule has 0 spiro atoms. The van der Waals surface area contributed by atoms with Crippen molar-refractivity contribution in [1.29, 1.82) is 0 Å². The summed E-state index contributed by atoms with van der Waals surface area (Å²) in [5.41, 5.74) is 1.46. The average Bonchev–Trinajstić information content (AvgIpc) is 2.41. The molecule has 0 aliphatic heterocycles. The highest BCUT2D eigenvalue weighted by atomic mass is 35.5. The van der Waals surface area contributed by atoms with Gasteiger partial charge in [-0.15, -0.1) is 11.6 Å². The Morgan fingerprint density at radius 2 is 2.21 bits per heavy atom. The van der Waals surface area contributed by atoms with Crippen LogP contribution < -0.4 is 0 Å². The van der Waals surface area contributed by atoms with Crippen molar-refractivity contribution in [3.8, 4) is 0 Å². The van der Waals surface area contributed by atoms with Gasteiger partial charge in [-0.1, -0.05) is 17.7 Å². The molecule has 0 radical (unpaired) electrons. The predicted octanol–water partition coefficient (Wildman–Crippen LogP) is 4.53. The highest BCUT2D eigenvalue weighted by Gasteiger charge is 2.18. The molecule has 1 aliphatic carbocycles. The Morgan fingerprint density at radius 1 is 1.37 bits per heavy atom. The van der Waals surface area contributed by atoms with Gasteiger partial charge >= 0.3 is 0 Å². The van der Waals surface area contributed by atoms with Crippen molar-refractivity contribution in [2.45, 2.75) is 11.8 Å². The molecule has 0 N–H and O–H groups in total. The van der Waals surface area contributed by atoms with Crippen LogP contribution >= 0.6 is 23.2 Å². The van der Waals surface area contributed by atoms with Crippen LogP contribution in [0, 0.1) is 0 Å². The maximum absolute atomic E-state index is 13.9. The summed E-state index contributed by atoms with van der Waals surface area (Å²) in [7, 11) is 0. The van der Waals surface area contributed by atoms with E-state index in [0.717, 1.165) is 5.39 Å². The molecule has 2 heterocycles. The van der Waals surface area contributed by atoms with E-state index in [1.165, 1.54) is 6.08 Å². The predicted molar refractivity (Wildman–Crippen MR) is 76.0 cm³/mol. The summed E-state index contributed by atoms with van der Waals surface area (Å²) in [5, 5.41) is 1.03. The monoisotopic (exact) mass is 294 g/mol. The second kappa shape index (κ2) is 4.91. The van der Waals surface area contributed by atoms with Gasteiger partial charge in [0, 0.05) is 17.2 Å². The summed E-state index contributed by atoms with van der Waals surface area (Å²) in [6, 6.07) is 5.27. The number of hydrogen-bond donors (Lipinski definition) is 0. The fraction of sp³-hybridized carbons (Fsp3) is 0.143. The van der Waals surface area contributed by atoms with Crippen molar-refractivity contribution in [1.82, 2.24) is 9.97 Å². The Kier molecular flexibility index (Phi) is 3.25. The minimum atomic E-state index is -0.323. The van der Waals surface area contributed by atoms with Crippen LogP contribution in [0.5, 0.6) is 0 Å². The molecule has 2 nitrogen and oxygen atoms in total. The zero-order valence-electron chi connectivity index (χ0n) is 9.78. The number of alkyl halides is 1. The highest BCUT2D eigenvalue weighted by molar-refractivity contribution is 6.35. The summed E-state index contributed by atoms with van der Waals surface area (Å²) in [5.74, 6) is -0.323. The van der Waals surface area contributed by atoms with E-state index in [0.29, 0.717) is 28.4 Å². The lowest BCUT2D eigenvalue weighted by atomic mass is 10.00. The van der Waals surface area contributed by atoms with Crippen LogP contribution in [-0.2, 0) is 0 Å². The lowest BCUT2D eigenvalue weighted by molar-refractivity contribution is 0.659. The van der Waals surface area contributed by atoms with Gasteiger partial charge in [0.15, 0.2) is 5.65 Å². The van der Waals surface area contributed by atoms with E-state index in [-0.39, 0.29) is 11.2 Å². The topological polar surface area (TPSA) is 25.8 Å². The fourth-order valence-corrected chi connectivity index (χ4v) is 2.53. The Bertz CT molecular complexity index is 710. The molecular formula is C14H9Cl2FN2. The number of rotatable bonds is 1. The molecule has 1 aliphatic rings. The Morgan fingerprint density at radius 3 is 3.05 bits per heavy atom. The van der Waals surface area contributed by atoms with Crippen LogP contribution in [0.4, 0.5) is 4.39 Å². The Hall–Kier alpha value is -1.45. The first kappa shape index (κ1) is 12.6. The molecule has 1 unspecified atom stereocenters. The van der Waals surface area contributed by atoms with E-state index in [2.05, 4.69) is 9.97 Å². The van der Waals surface area contributed by atoms with Crippen molar-refractivity contribution >= 4 is 39.8 Å². The number of allylic oxidation sites excluding steroid dienone is 4. The third-order valence-corrected chi connectivity index (χ3v) is 3.59. The van der Waals surface area contributed by atoms with Gasteiger partial charge in [-0.3, -0.25) is 0 Å². The SMILES string of the molecule is FC1=C(c2cc(Cl)c3cccnc3n2)CC(Cl)C=C1. The van der Waals surface area contributed by atoms with Gasteiger partial charge in [0.1, 0.15) is 5.83 Å². The number of hydrogen-bond acceptors (Lipinski definition) is 2. The van der Waals surface area contributed by atoms with E-state index in [1.807, 2.05) is 6.07 Å². The maximum atomic E-state index is 13.9. The Labute approximate surface area is 119 Å². The second-order valence-electron chi connectivity index (χ2n) is 4.27. The van der Waals surface area contributed by atoms with E-state index in [4.69, 9.17) is 23.2 Å². The fourth-order valence-electron chi connectivity index (χ4n) is 2.05. The molecular weight excluding hydrogens is 286 g/mol. The molecule has 2 aromatic heterocycles. The lowest BCUT2D eigenvalue weighted by Crippen LogP contribution is -2.04. The highest BCUT2D eigenvalue weighted by Crippen LogP contribution is 2.33. The first-order valence-corrected chi connectivity index (χ1v) is 6.59. The van der Waals surface area contributed by atoms with E-state index >= 15 is 0 Å². The molecule has 19 heavy (non-hydrogen) atoms. The Balaban J connectivity index is 2.18. The summed E-state index contributed by atoms with van der Waals surface area (Å²) in [4.78, 5) is 8.51. The molecule has 96 valence electrons. The van der Waals surface area contributed by atoms with Crippen LogP contribution in [-0.4, -0.2) is 15.3 Å². The lowest BCUT2D eigenvalue weighted by Gasteiger charge is -2.14. The van der Waals surface area contributed by atoms with E-state index in [9.17, 15) is 4.39 Å². The molecule has 0 fully saturated rings. The van der Waals surface area contributed by atoms with Gasteiger partial charge < -0.3 is 0 Å².